The van der Waals surface area contributed by atoms with E-state index in [1.165, 1.54) is 33.6 Å². The Morgan fingerprint density at radius 1 is 0.818 bits per heavy atom. The van der Waals surface area contributed by atoms with Crippen molar-refractivity contribution in [2.45, 2.75) is 62.2 Å². The predicted molar refractivity (Wildman–Crippen MR) is 143 cm³/mol. The van der Waals surface area contributed by atoms with Crippen LogP contribution in [0.2, 0.25) is 0 Å². The summed E-state index contributed by atoms with van der Waals surface area (Å²) in [6.07, 6.45) is 7.59. The molecular formula is C29H34O2S2. The molecule has 5 rings (SSSR count). The smallest absolute Gasteiger partial charge is 0.133 e. The summed E-state index contributed by atoms with van der Waals surface area (Å²) in [6, 6.07) is 13.3. The summed E-state index contributed by atoms with van der Waals surface area (Å²) in [5, 5.41) is 13.3. The van der Waals surface area contributed by atoms with Gasteiger partial charge in [0.2, 0.25) is 0 Å². The molecule has 0 aromatic heterocycles. The fraction of sp³-hybridized carbons (Fsp3) is 0.448. The summed E-state index contributed by atoms with van der Waals surface area (Å²) in [5.41, 5.74) is 5.65. The van der Waals surface area contributed by atoms with Crippen molar-refractivity contribution in [2.75, 3.05) is 19.6 Å². The number of phenols is 1. The minimum Gasteiger partial charge on any atom is -0.507 e. The first-order valence-electron chi connectivity index (χ1n) is 11.7. The molecule has 33 heavy (non-hydrogen) atoms. The van der Waals surface area contributed by atoms with E-state index in [1.807, 2.05) is 0 Å². The molecule has 0 atom stereocenters. The number of hydrogen-bond donors (Lipinski definition) is 1. The SMILES string of the molecule is COc1cc2c3c(cc(O)c2cc1SC)C1(CC(C)(C)CC(C)(C)C1)c1cc(SC)ccc1-3. The predicted octanol–water partition coefficient (Wildman–Crippen LogP) is 8.50. The first kappa shape index (κ1) is 23.0. The number of rotatable bonds is 3. The quantitative estimate of drug-likeness (QED) is 0.382. The van der Waals surface area contributed by atoms with Crippen LogP contribution in [0.5, 0.6) is 11.5 Å². The molecule has 1 saturated carbocycles. The van der Waals surface area contributed by atoms with Gasteiger partial charge in [-0.05, 0) is 101 Å². The highest BCUT2D eigenvalue weighted by Gasteiger charge is 2.53. The standard InChI is InChI=1S/C29H34O2S2/c1-27(2)14-28(3,4)16-29(15-27)21-10-17(32-6)8-9-18(21)26-20-11-24(31-5)25(33-7)12-19(20)23(30)13-22(26)29/h8-13,30H,14-16H2,1-7H3. The fourth-order valence-electron chi connectivity index (χ4n) is 7.30. The maximum atomic E-state index is 11.3. The van der Waals surface area contributed by atoms with Crippen molar-refractivity contribution in [2.24, 2.45) is 10.8 Å². The van der Waals surface area contributed by atoms with E-state index in [4.69, 9.17) is 4.74 Å². The second-order valence-electron chi connectivity index (χ2n) is 11.4. The van der Waals surface area contributed by atoms with Crippen molar-refractivity contribution in [1.82, 2.24) is 0 Å². The molecule has 0 radical (unpaired) electrons. The number of thioether (sulfide) groups is 2. The number of phenolic OH excluding ortho intramolecular Hbond substituents is 1. The average Bonchev–Trinajstić information content (AvgIpc) is 2.98. The van der Waals surface area contributed by atoms with Gasteiger partial charge in [0.1, 0.15) is 11.5 Å². The molecule has 1 N–H and O–H groups in total. The first-order valence-corrected chi connectivity index (χ1v) is 14.1. The number of ether oxygens (including phenoxy) is 1. The zero-order valence-electron chi connectivity index (χ0n) is 20.8. The van der Waals surface area contributed by atoms with Gasteiger partial charge in [-0.2, -0.15) is 0 Å². The number of benzene rings is 3. The first-order chi connectivity index (χ1) is 15.5. The molecule has 2 nitrogen and oxygen atoms in total. The molecule has 0 aliphatic heterocycles. The van der Waals surface area contributed by atoms with Crippen molar-refractivity contribution in [3.8, 4) is 22.6 Å². The zero-order chi connectivity index (χ0) is 23.8. The second-order valence-corrected chi connectivity index (χ2v) is 13.2. The van der Waals surface area contributed by atoms with Crippen molar-refractivity contribution >= 4 is 34.3 Å². The Balaban J connectivity index is 1.91. The highest BCUT2D eigenvalue weighted by Crippen LogP contribution is 2.65. The monoisotopic (exact) mass is 478 g/mol. The minimum absolute atomic E-state index is 0.0985. The lowest BCUT2D eigenvalue weighted by atomic mass is 9.52. The topological polar surface area (TPSA) is 29.5 Å². The Hall–Kier alpha value is -1.78. The Morgan fingerprint density at radius 3 is 2.12 bits per heavy atom. The summed E-state index contributed by atoms with van der Waals surface area (Å²) < 4.78 is 5.77. The molecule has 174 valence electrons. The molecule has 0 bridgehead atoms. The minimum atomic E-state index is -0.0985. The van der Waals surface area contributed by atoms with Gasteiger partial charge in [-0.25, -0.2) is 0 Å². The summed E-state index contributed by atoms with van der Waals surface area (Å²) in [6.45, 7) is 9.67. The van der Waals surface area contributed by atoms with Crippen molar-refractivity contribution in [1.29, 1.82) is 0 Å². The van der Waals surface area contributed by atoms with E-state index in [2.05, 4.69) is 76.6 Å². The van der Waals surface area contributed by atoms with Crippen LogP contribution in [0, 0.1) is 10.8 Å². The molecule has 0 unspecified atom stereocenters. The van der Waals surface area contributed by atoms with Crippen LogP contribution in [0.15, 0.2) is 46.2 Å². The number of fused-ring (bicyclic) bond motifs is 7. The van der Waals surface area contributed by atoms with Crippen LogP contribution >= 0.6 is 23.5 Å². The third kappa shape index (κ3) is 3.47. The molecule has 2 aliphatic carbocycles. The lowest BCUT2D eigenvalue weighted by Crippen LogP contribution is -2.43. The fourth-order valence-corrected chi connectivity index (χ4v) is 8.32. The maximum Gasteiger partial charge on any atom is 0.133 e. The van der Waals surface area contributed by atoms with Crippen LogP contribution in [0.4, 0.5) is 0 Å². The van der Waals surface area contributed by atoms with Gasteiger partial charge in [0.05, 0.1) is 7.11 Å². The van der Waals surface area contributed by atoms with Gasteiger partial charge in [-0.1, -0.05) is 33.8 Å². The lowest BCUT2D eigenvalue weighted by molar-refractivity contribution is 0.0644. The van der Waals surface area contributed by atoms with Gasteiger partial charge in [-0.3, -0.25) is 0 Å². The van der Waals surface area contributed by atoms with Gasteiger partial charge in [0, 0.05) is 20.6 Å². The highest BCUT2D eigenvalue weighted by molar-refractivity contribution is 7.98. The maximum absolute atomic E-state index is 11.3. The number of aromatic hydroxyl groups is 1. The second kappa shape index (κ2) is 7.61. The number of hydrogen-bond acceptors (Lipinski definition) is 4. The van der Waals surface area contributed by atoms with E-state index >= 15 is 0 Å². The van der Waals surface area contributed by atoms with E-state index in [0.29, 0.717) is 5.75 Å². The molecule has 1 spiro atoms. The van der Waals surface area contributed by atoms with Crippen molar-refractivity contribution in [3.63, 3.8) is 0 Å². The number of methoxy groups -OCH3 is 1. The van der Waals surface area contributed by atoms with Crippen LogP contribution in [-0.4, -0.2) is 24.7 Å². The van der Waals surface area contributed by atoms with Crippen LogP contribution in [0.1, 0.15) is 58.1 Å². The molecular weight excluding hydrogens is 444 g/mol. The zero-order valence-corrected chi connectivity index (χ0v) is 22.4. The van der Waals surface area contributed by atoms with E-state index in [-0.39, 0.29) is 16.2 Å². The van der Waals surface area contributed by atoms with Gasteiger partial charge in [0.15, 0.2) is 0 Å². The van der Waals surface area contributed by atoms with Gasteiger partial charge in [-0.15, -0.1) is 23.5 Å². The molecule has 0 heterocycles. The van der Waals surface area contributed by atoms with E-state index in [9.17, 15) is 5.11 Å². The van der Waals surface area contributed by atoms with E-state index < -0.39 is 0 Å². The van der Waals surface area contributed by atoms with Crippen molar-refractivity contribution in [3.05, 3.63) is 47.5 Å². The average molecular weight is 479 g/mol. The Morgan fingerprint density at radius 2 is 1.52 bits per heavy atom. The highest BCUT2D eigenvalue weighted by atomic mass is 32.2. The summed E-state index contributed by atoms with van der Waals surface area (Å²) >= 11 is 3.46. The van der Waals surface area contributed by atoms with Crippen LogP contribution < -0.4 is 4.74 Å². The Kier molecular flexibility index (Phi) is 5.30. The van der Waals surface area contributed by atoms with Crippen LogP contribution in [0.3, 0.4) is 0 Å². The molecule has 1 fully saturated rings. The molecule has 3 aromatic carbocycles. The third-order valence-corrected chi connectivity index (χ3v) is 9.15. The van der Waals surface area contributed by atoms with Gasteiger partial charge in [0.25, 0.3) is 0 Å². The van der Waals surface area contributed by atoms with Gasteiger partial charge >= 0.3 is 0 Å². The molecule has 0 amide bonds. The Bertz CT molecular complexity index is 1260. The molecule has 0 saturated heterocycles. The van der Waals surface area contributed by atoms with Crippen LogP contribution in [0.25, 0.3) is 21.9 Å². The van der Waals surface area contributed by atoms with Gasteiger partial charge < -0.3 is 9.84 Å². The van der Waals surface area contributed by atoms with Crippen molar-refractivity contribution < 1.29 is 9.84 Å². The summed E-state index contributed by atoms with van der Waals surface area (Å²) in [5.74, 6) is 1.25. The Labute approximate surface area is 206 Å². The van der Waals surface area contributed by atoms with E-state index in [1.54, 1.807) is 30.6 Å². The summed E-state index contributed by atoms with van der Waals surface area (Å²) in [7, 11) is 1.73. The third-order valence-electron chi connectivity index (χ3n) is 7.66. The normalized spacial score (nSPS) is 19.5. The molecule has 2 aliphatic rings. The molecule has 4 heteroatoms. The van der Waals surface area contributed by atoms with E-state index in [0.717, 1.165) is 34.3 Å². The lowest BCUT2D eigenvalue weighted by Gasteiger charge is -2.51. The molecule has 3 aromatic rings. The largest absolute Gasteiger partial charge is 0.507 e. The van der Waals surface area contributed by atoms with Crippen LogP contribution in [-0.2, 0) is 5.41 Å². The summed E-state index contributed by atoms with van der Waals surface area (Å²) in [4.78, 5) is 2.35.